The summed E-state index contributed by atoms with van der Waals surface area (Å²) in [6.45, 7) is 1.50. The van der Waals surface area contributed by atoms with Crippen LogP contribution >= 0.6 is 0 Å². The number of carbonyl (C=O) groups is 1. The molecule has 23 heavy (non-hydrogen) atoms. The molecule has 0 amide bonds. The number of nitrogens with one attached hydrogen (secondary N) is 1. The summed E-state index contributed by atoms with van der Waals surface area (Å²) in [5.41, 5.74) is 3.55. The molecule has 0 aliphatic carbocycles. The van der Waals surface area contributed by atoms with E-state index >= 15 is 0 Å². The number of para-hydroxylation sites is 1. The third-order valence-electron chi connectivity index (χ3n) is 3.60. The van der Waals surface area contributed by atoms with Crippen molar-refractivity contribution in [1.82, 2.24) is 4.98 Å². The summed E-state index contributed by atoms with van der Waals surface area (Å²) in [5, 5.41) is 11.8. The first-order valence-corrected chi connectivity index (χ1v) is 7.10. The fourth-order valence-electron chi connectivity index (χ4n) is 2.51. The highest BCUT2D eigenvalue weighted by Gasteiger charge is 2.12. The first-order valence-electron chi connectivity index (χ1n) is 7.10. The molecule has 5 nitrogen and oxygen atoms in total. The second kappa shape index (κ2) is 5.88. The topological polar surface area (TPSA) is 76.0 Å². The zero-order valence-electron chi connectivity index (χ0n) is 12.4. The van der Waals surface area contributed by atoms with E-state index in [4.69, 9.17) is 0 Å². The third kappa shape index (κ3) is 2.89. The Morgan fingerprint density at radius 2 is 1.83 bits per heavy atom. The number of aromatic amines is 1. The number of benzene rings is 2. The van der Waals surface area contributed by atoms with Gasteiger partial charge in [0.25, 0.3) is 5.69 Å². The van der Waals surface area contributed by atoms with E-state index in [0.29, 0.717) is 0 Å². The minimum atomic E-state index is -0.425. The van der Waals surface area contributed by atoms with E-state index in [1.54, 1.807) is 18.2 Å². The van der Waals surface area contributed by atoms with Gasteiger partial charge in [-0.2, -0.15) is 0 Å². The fourth-order valence-corrected chi connectivity index (χ4v) is 2.51. The number of nitro benzene ring substituents is 1. The van der Waals surface area contributed by atoms with E-state index in [9.17, 15) is 14.9 Å². The lowest BCUT2D eigenvalue weighted by atomic mass is 10.0. The predicted molar refractivity (Wildman–Crippen MR) is 90.1 cm³/mol. The second-order valence-corrected chi connectivity index (χ2v) is 5.21. The second-order valence-electron chi connectivity index (χ2n) is 5.21. The van der Waals surface area contributed by atoms with Gasteiger partial charge in [0.05, 0.1) is 10.6 Å². The molecule has 0 bridgehead atoms. The Labute approximate surface area is 132 Å². The van der Waals surface area contributed by atoms with Crippen LogP contribution in [0.2, 0.25) is 0 Å². The van der Waals surface area contributed by atoms with Gasteiger partial charge in [-0.15, -0.1) is 0 Å². The average Bonchev–Trinajstić information content (AvgIpc) is 2.91. The van der Waals surface area contributed by atoms with Crippen LogP contribution in [0.3, 0.4) is 0 Å². The van der Waals surface area contributed by atoms with Gasteiger partial charge in [-0.3, -0.25) is 14.9 Å². The van der Waals surface area contributed by atoms with Crippen molar-refractivity contribution < 1.29 is 9.72 Å². The molecule has 1 aromatic heterocycles. The van der Waals surface area contributed by atoms with Gasteiger partial charge in [0.1, 0.15) is 0 Å². The SMILES string of the molecule is CC(=O)/C=C/c1c(-c2ccc([N+](=O)[O-])cc2)[nH]c2ccccc12. The Morgan fingerprint density at radius 3 is 2.48 bits per heavy atom. The number of carbonyl (C=O) groups excluding carboxylic acids is 1. The van der Waals surface area contributed by atoms with Crippen molar-refractivity contribution in [1.29, 1.82) is 0 Å². The maximum absolute atomic E-state index is 11.3. The molecule has 0 aliphatic rings. The van der Waals surface area contributed by atoms with E-state index in [-0.39, 0.29) is 11.5 Å². The normalized spacial score (nSPS) is 11.2. The highest BCUT2D eigenvalue weighted by molar-refractivity contribution is 6.00. The van der Waals surface area contributed by atoms with Crippen LogP contribution in [0.4, 0.5) is 5.69 Å². The Balaban J connectivity index is 2.17. The quantitative estimate of drug-likeness (QED) is 0.442. The summed E-state index contributed by atoms with van der Waals surface area (Å²) in [5.74, 6) is -0.0371. The Hall–Kier alpha value is -3.21. The molecule has 0 radical (unpaired) electrons. The van der Waals surface area contributed by atoms with E-state index in [0.717, 1.165) is 27.7 Å². The standard InChI is InChI=1S/C18H14N2O3/c1-12(21)6-11-16-15-4-2-3-5-17(15)19-18(16)13-7-9-14(10-8-13)20(22)23/h2-11,19H,1H3/b11-6+. The van der Waals surface area contributed by atoms with E-state index in [2.05, 4.69) is 4.98 Å². The lowest BCUT2D eigenvalue weighted by Crippen LogP contribution is -1.88. The molecule has 0 saturated carbocycles. The smallest absolute Gasteiger partial charge is 0.269 e. The maximum Gasteiger partial charge on any atom is 0.269 e. The molecule has 0 saturated heterocycles. The molecular weight excluding hydrogens is 292 g/mol. The van der Waals surface area contributed by atoms with Gasteiger partial charge in [0.15, 0.2) is 5.78 Å². The van der Waals surface area contributed by atoms with Crippen molar-refractivity contribution in [3.8, 4) is 11.3 Å². The van der Waals surface area contributed by atoms with Gasteiger partial charge in [-0.25, -0.2) is 0 Å². The number of fused-ring (bicyclic) bond motifs is 1. The van der Waals surface area contributed by atoms with Crippen molar-refractivity contribution in [2.24, 2.45) is 0 Å². The first-order chi connectivity index (χ1) is 11.1. The number of aromatic nitrogens is 1. The van der Waals surface area contributed by atoms with Gasteiger partial charge in [-0.1, -0.05) is 18.2 Å². The van der Waals surface area contributed by atoms with Crippen molar-refractivity contribution in [3.05, 3.63) is 70.3 Å². The lowest BCUT2D eigenvalue weighted by Gasteiger charge is -2.01. The summed E-state index contributed by atoms with van der Waals surface area (Å²) in [7, 11) is 0. The molecule has 0 aliphatic heterocycles. The van der Waals surface area contributed by atoms with Gasteiger partial charge >= 0.3 is 0 Å². The molecule has 0 spiro atoms. The number of allylic oxidation sites excluding steroid dienone is 1. The summed E-state index contributed by atoms with van der Waals surface area (Å²) in [6.07, 6.45) is 3.29. The van der Waals surface area contributed by atoms with Crippen molar-refractivity contribution in [2.45, 2.75) is 6.92 Å². The molecule has 2 aromatic carbocycles. The molecule has 3 aromatic rings. The van der Waals surface area contributed by atoms with Crippen molar-refractivity contribution in [3.63, 3.8) is 0 Å². The van der Waals surface area contributed by atoms with Gasteiger partial charge in [-0.05, 0) is 42.8 Å². The lowest BCUT2D eigenvalue weighted by molar-refractivity contribution is -0.384. The number of nitro groups is 1. The van der Waals surface area contributed by atoms with Crippen LogP contribution < -0.4 is 0 Å². The third-order valence-corrected chi connectivity index (χ3v) is 3.60. The van der Waals surface area contributed by atoms with Crippen LogP contribution in [0.15, 0.2) is 54.6 Å². The summed E-state index contributed by atoms with van der Waals surface area (Å²) < 4.78 is 0. The van der Waals surface area contributed by atoms with Crippen molar-refractivity contribution >= 4 is 28.4 Å². The minimum absolute atomic E-state index is 0.0371. The van der Waals surface area contributed by atoms with Crippen LogP contribution in [-0.2, 0) is 4.79 Å². The molecule has 0 atom stereocenters. The number of hydrogen-bond acceptors (Lipinski definition) is 3. The zero-order valence-corrected chi connectivity index (χ0v) is 12.4. The average molecular weight is 306 g/mol. The monoisotopic (exact) mass is 306 g/mol. The summed E-state index contributed by atoms with van der Waals surface area (Å²) in [4.78, 5) is 24.9. The Kier molecular flexibility index (Phi) is 3.76. The van der Waals surface area contributed by atoms with E-state index < -0.39 is 4.92 Å². The van der Waals surface area contributed by atoms with Gasteiger partial charge in [0.2, 0.25) is 0 Å². The first kappa shape index (κ1) is 14.7. The minimum Gasteiger partial charge on any atom is -0.354 e. The zero-order chi connectivity index (χ0) is 16.4. The molecule has 3 rings (SSSR count). The van der Waals surface area contributed by atoms with Crippen LogP contribution in [0.25, 0.3) is 28.2 Å². The van der Waals surface area contributed by atoms with Crippen molar-refractivity contribution in [2.75, 3.05) is 0 Å². The Bertz CT molecular complexity index is 921. The number of nitrogens with zero attached hydrogens (tertiary/aromatic N) is 1. The van der Waals surface area contributed by atoms with Crippen LogP contribution in [0.5, 0.6) is 0 Å². The molecule has 0 fully saturated rings. The molecule has 1 heterocycles. The van der Waals surface area contributed by atoms with E-state index in [1.165, 1.54) is 25.1 Å². The number of hydrogen-bond donors (Lipinski definition) is 1. The summed E-state index contributed by atoms with van der Waals surface area (Å²) >= 11 is 0. The molecule has 114 valence electrons. The highest BCUT2D eigenvalue weighted by Crippen LogP contribution is 2.32. The van der Waals surface area contributed by atoms with Crippen LogP contribution in [-0.4, -0.2) is 15.7 Å². The molecule has 1 N–H and O–H groups in total. The maximum atomic E-state index is 11.3. The molecule has 5 heteroatoms. The molecular formula is C18H14N2O3. The van der Waals surface area contributed by atoms with Gasteiger partial charge < -0.3 is 4.98 Å². The molecule has 0 unspecified atom stereocenters. The Morgan fingerprint density at radius 1 is 1.13 bits per heavy atom. The number of non-ortho nitro benzene ring substituents is 1. The van der Waals surface area contributed by atoms with E-state index in [1.807, 2.05) is 24.3 Å². The van der Waals surface area contributed by atoms with Gasteiger partial charge in [0, 0.05) is 28.6 Å². The summed E-state index contributed by atoms with van der Waals surface area (Å²) in [6, 6.07) is 14.1. The van der Waals surface area contributed by atoms with Crippen LogP contribution in [0, 0.1) is 10.1 Å². The number of ketones is 1. The number of rotatable bonds is 4. The highest BCUT2D eigenvalue weighted by atomic mass is 16.6. The largest absolute Gasteiger partial charge is 0.354 e. The predicted octanol–water partition coefficient (Wildman–Crippen LogP) is 4.35. The number of H-pyrrole nitrogens is 1. The van der Waals surface area contributed by atoms with Crippen LogP contribution in [0.1, 0.15) is 12.5 Å². The fraction of sp³-hybridized carbons (Fsp3) is 0.0556.